The van der Waals surface area contributed by atoms with Gasteiger partial charge < -0.3 is 11.1 Å². The van der Waals surface area contributed by atoms with Gasteiger partial charge >= 0.3 is 0 Å². The van der Waals surface area contributed by atoms with Crippen LogP contribution in [0, 0.1) is 0 Å². The highest BCUT2D eigenvalue weighted by atomic mass is 32.2. The fourth-order valence-electron chi connectivity index (χ4n) is 2.16. The van der Waals surface area contributed by atoms with E-state index in [-0.39, 0.29) is 29.3 Å². The largest absolute Gasteiger partial charge is 0.381 e. The van der Waals surface area contributed by atoms with Crippen LogP contribution in [0.2, 0.25) is 0 Å². The van der Waals surface area contributed by atoms with Crippen LogP contribution in [0.15, 0.2) is 16.6 Å². The summed E-state index contributed by atoms with van der Waals surface area (Å²) in [5.74, 6) is -0.0851. The molecule has 1 amide bonds. The first-order valence-corrected chi connectivity index (χ1v) is 8.34. The van der Waals surface area contributed by atoms with Crippen LogP contribution in [0.5, 0.6) is 0 Å². The van der Waals surface area contributed by atoms with Gasteiger partial charge in [-0.1, -0.05) is 0 Å². The van der Waals surface area contributed by atoms with Crippen molar-refractivity contribution in [2.24, 2.45) is 0 Å². The van der Waals surface area contributed by atoms with Crippen LogP contribution >= 0.6 is 11.3 Å². The average Bonchev–Trinajstić information content (AvgIpc) is 3.02. The summed E-state index contributed by atoms with van der Waals surface area (Å²) < 4.78 is 28.5. The summed E-state index contributed by atoms with van der Waals surface area (Å²) in [6, 6.07) is -0.176. The maximum Gasteiger partial charge on any atom is 0.260 e. The zero-order chi connectivity index (χ0) is 14.3. The molecule has 108 valence electrons. The SMILES string of the molecule is Nc1nc2sccn2c1S(=O)(=O)NCC1CCC(=O)N1. The van der Waals surface area contributed by atoms with Crippen molar-refractivity contribution in [3.8, 4) is 0 Å². The highest BCUT2D eigenvalue weighted by Crippen LogP contribution is 2.23. The van der Waals surface area contributed by atoms with Gasteiger partial charge in [-0.25, -0.2) is 18.1 Å². The number of anilines is 1. The minimum atomic E-state index is -3.77. The number of carbonyl (C=O) groups excluding carboxylic acids is 1. The van der Waals surface area contributed by atoms with Crippen LogP contribution in [0.1, 0.15) is 12.8 Å². The van der Waals surface area contributed by atoms with Crippen LogP contribution in [0.4, 0.5) is 5.82 Å². The van der Waals surface area contributed by atoms with Gasteiger partial charge in [0, 0.05) is 30.6 Å². The first kappa shape index (κ1) is 13.3. The van der Waals surface area contributed by atoms with Gasteiger partial charge in [-0.05, 0) is 6.42 Å². The van der Waals surface area contributed by atoms with Gasteiger partial charge in [-0.2, -0.15) is 0 Å². The van der Waals surface area contributed by atoms with Crippen molar-refractivity contribution >= 4 is 38.0 Å². The molecular formula is C10H13N5O3S2. The Morgan fingerprint density at radius 2 is 2.40 bits per heavy atom. The summed E-state index contributed by atoms with van der Waals surface area (Å²) in [6.07, 6.45) is 2.66. The molecule has 3 heterocycles. The van der Waals surface area contributed by atoms with Crippen LogP contribution < -0.4 is 15.8 Å². The molecule has 1 saturated heterocycles. The Morgan fingerprint density at radius 3 is 3.10 bits per heavy atom. The number of nitrogen functional groups attached to an aromatic ring is 1. The van der Waals surface area contributed by atoms with Gasteiger partial charge in [-0.15, -0.1) is 11.3 Å². The van der Waals surface area contributed by atoms with Crippen molar-refractivity contribution < 1.29 is 13.2 Å². The Kier molecular flexibility index (Phi) is 3.15. The van der Waals surface area contributed by atoms with E-state index in [1.54, 1.807) is 11.6 Å². The Bertz CT molecular complexity index is 763. The summed E-state index contributed by atoms with van der Waals surface area (Å²) in [7, 11) is -3.77. The van der Waals surface area contributed by atoms with E-state index in [1.807, 2.05) is 0 Å². The summed E-state index contributed by atoms with van der Waals surface area (Å²) in [5, 5.41) is 4.38. The molecule has 0 radical (unpaired) electrons. The molecular weight excluding hydrogens is 302 g/mol. The highest BCUT2D eigenvalue weighted by Gasteiger charge is 2.27. The Morgan fingerprint density at radius 1 is 1.60 bits per heavy atom. The lowest BCUT2D eigenvalue weighted by Crippen LogP contribution is -2.38. The molecule has 1 fully saturated rings. The summed E-state index contributed by atoms with van der Waals surface area (Å²) in [5.41, 5.74) is 5.68. The molecule has 0 bridgehead atoms. The first-order chi connectivity index (χ1) is 9.47. The van der Waals surface area contributed by atoms with E-state index in [2.05, 4.69) is 15.0 Å². The molecule has 4 N–H and O–H groups in total. The second kappa shape index (κ2) is 4.72. The molecule has 0 saturated carbocycles. The smallest absolute Gasteiger partial charge is 0.260 e. The number of rotatable bonds is 4. The van der Waals surface area contributed by atoms with Gasteiger partial charge in [0.05, 0.1) is 0 Å². The first-order valence-electron chi connectivity index (χ1n) is 5.97. The maximum atomic E-state index is 12.3. The van der Waals surface area contributed by atoms with Crippen molar-refractivity contribution in [1.82, 2.24) is 19.4 Å². The molecule has 2 aromatic heterocycles. The minimum absolute atomic E-state index is 0.0280. The van der Waals surface area contributed by atoms with Gasteiger partial charge in [0.25, 0.3) is 10.0 Å². The summed E-state index contributed by atoms with van der Waals surface area (Å²) in [6.45, 7) is 0.144. The molecule has 1 aliphatic rings. The number of fused-ring (bicyclic) bond motifs is 1. The van der Waals surface area contributed by atoms with E-state index < -0.39 is 10.0 Å². The van der Waals surface area contributed by atoms with Crippen molar-refractivity contribution in [2.45, 2.75) is 23.9 Å². The molecule has 8 nitrogen and oxygen atoms in total. The number of hydrogen-bond acceptors (Lipinski definition) is 6. The number of nitrogens with two attached hydrogens (primary N) is 1. The predicted octanol–water partition coefficient (Wildman–Crippen LogP) is -0.465. The molecule has 1 atom stereocenters. The van der Waals surface area contributed by atoms with Crippen LogP contribution in [0.25, 0.3) is 4.96 Å². The van der Waals surface area contributed by atoms with E-state index in [9.17, 15) is 13.2 Å². The second-order valence-electron chi connectivity index (χ2n) is 4.51. The van der Waals surface area contributed by atoms with Crippen molar-refractivity contribution in [3.63, 3.8) is 0 Å². The normalized spacial score (nSPS) is 19.6. The highest BCUT2D eigenvalue weighted by molar-refractivity contribution is 7.89. The maximum absolute atomic E-state index is 12.3. The number of sulfonamides is 1. The number of aromatic nitrogens is 2. The molecule has 0 aliphatic carbocycles. The molecule has 1 aliphatic heterocycles. The molecule has 0 aromatic carbocycles. The number of hydrogen-bond donors (Lipinski definition) is 3. The quantitative estimate of drug-likeness (QED) is 0.705. The summed E-state index contributed by atoms with van der Waals surface area (Å²) >= 11 is 1.30. The molecule has 1 unspecified atom stereocenters. The number of thiazole rings is 1. The fraction of sp³-hybridized carbons (Fsp3) is 0.400. The lowest BCUT2D eigenvalue weighted by molar-refractivity contribution is -0.119. The van der Waals surface area contributed by atoms with Crippen molar-refractivity contribution in [1.29, 1.82) is 0 Å². The predicted molar refractivity (Wildman–Crippen MR) is 73.8 cm³/mol. The zero-order valence-corrected chi connectivity index (χ0v) is 12.0. The lowest BCUT2D eigenvalue weighted by Gasteiger charge is -2.11. The fourth-order valence-corrected chi connectivity index (χ4v) is 4.22. The molecule has 0 spiro atoms. The van der Waals surface area contributed by atoms with Crippen LogP contribution in [-0.4, -0.2) is 36.3 Å². The van der Waals surface area contributed by atoms with E-state index in [4.69, 9.17) is 5.73 Å². The number of nitrogens with one attached hydrogen (secondary N) is 2. The van der Waals surface area contributed by atoms with Gasteiger partial charge in [-0.3, -0.25) is 9.20 Å². The third-order valence-corrected chi connectivity index (χ3v) is 5.32. The summed E-state index contributed by atoms with van der Waals surface area (Å²) in [4.78, 5) is 15.6. The van der Waals surface area contributed by atoms with Crippen molar-refractivity contribution in [3.05, 3.63) is 11.6 Å². The standard InChI is InChI=1S/C10H13N5O3S2/c11-8-9(15-3-4-19-10(15)14-8)20(17,18)12-5-6-1-2-7(16)13-6/h3-4,6,12H,1-2,5,11H2,(H,13,16). The van der Waals surface area contributed by atoms with Gasteiger partial charge in [0.15, 0.2) is 15.8 Å². The number of nitrogens with zero attached hydrogens (tertiary/aromatic N) is 2. The van der Waals surface area contributed by atoms with E-state index >= 15 is 0 Å². The topological polar surface area (TPSA) is 119 Å². The van der Waals surface area contributed by atoms with E-state index in [0.717, 1.165) is 0 Å². The van der Waals surface area contributed by atoms with E-state index in [1.165, 1.54) is 15.7 Å². The van der Waals surface area contributed by atoms with Crippen LogP contribution in [-0.2, 0) is 14.8 Å². The number of imidazole rings is 1. The second-order valence-corrected chi connectivity index (χ2v) is 7.07. The molecule has 10 heteroatoms. The van der Waals surface area contributed by atoms with Crippen molar-refractivity contribution in [2.75, 3.05) is 12.3 Å². The third-order valence-electron chi connectivity index (χ3n) is 3.10. The third kappa shape index (κ3) is 2.25. The molecule has 3 rings (SSSR count). The molecule has 20 heavy (non-hydrogen) atoms. The zero-order valence-electron chi connectivity index (χ0n) is 10.4. The Hall–Kier alpha value is -1.65. The van der Waals surface area contributed by atoms with Crippen LogP contribution in [0.3, 0.4) is 0 Å². The monoisotopic (exact) mass is 315 g/mol. The van der Waals surface area contributed by atoms with Gasteiger partial charge in [0.1, 0.15) is 0 Å². The number of amides is 1. The Labute approximate surface area is 119 Å². The Balaban J connectivity index is 1.82. The average molecular weight is 315 g/mol. The minimum Gasteiger partial charge on any atom is -0.381 e. The van der Waals surface area contributed by atoms with E-state index in [0.29, 0.717) is 17.8 Å². The van der Waals surface area contributed by atoms with Gasteiger partial charge in [0.2, 0.25) is 5.91 Å². The lowest BCUT2D eigenvalue weighted by atomic mass is 10.2. The number of carbonyl (C=O) groups is 1. The molecule has 2 aromatic rings.